The predicted octanol–water partition coefficient (Wildman–Crippen LogP) is 2.18. The second kappa shape index (κ2) is 6.64. The second-order valence-electron chi connectivity index (χ2n) is 5.54. The van der Waals surface area contributed by atoms with Crippen LogP contribution in [0, 0.1) is 6.92 Å². The first kappa shape index (κ1) is 15.9. The number of hydrogen-bond donors (Lipinski definition) is 0. The Kier molecular flexibility index (Phi) is 4.58. The van der Waals surface area contributed by atoms with Crippen LogP contribution in [0.5, 0.6) is 5.75 Å². The molecular formula is C16H21N3O4. The van der Waals surface area contributed by atoms with Gasteiger partial charge < -0.3 is 18.6 Å². The molecule has 0 amide bonds. The number of rotatable bonds is 6. The molecule has 1 saturated heterocycles. The third kappa shape index (κ3) is 3.20. The Labute approximate surface area is 135 Å². The van der Waals surface area contributed by atoms with Crippen LogP contribution in [0.3, 0.4) is 0 Å². The largest absolute Gasteiger partial charge is 0.482 e. The normalized spacial score (nSPS) is 20.8. The van der Waals surface area contributed by atoms with Gasteiger partial charge in [-0.2, -0.15) is 0 Å². The molecule has 1 aliphatic rings. The Morgan fingerprint density at radius 1 is 1.30 bits per heavy atom. The van der Waals surface area contributed by atoms with E-state index < -0.39 is 5.60 Å². The van der Waals surface area contributed by atoms with Gasteiger partial charge in [0.1, 0.15) is 5.75 Å². The van der Waals surface area contributed by atoms with Gasteiger partial charge in [0.05, 0.1) is 18.9 Å². The van der Waals surface area contributed by atoms with E-state index in [0.717, 1.165) is 23.6 Å². The number of aryl methyl sites for hydroxylation is 2. The molecule has 124 valence electrons. The summed E-state index contributed by atoms with van der Waals surface area (Å²) in [6, 6.07) is 3.84. The van der Waals surface area contributed by atoms with Crippen LogP contribution in [0.4, 0.5) is 0 Å². The minimum Gasteiger partial charge on any atom is -0.482 e. The fraction of sp³-hybridized carbons (Fsp3) is 0.562. The fourth-order valence-corrected chi connectivity index (χ4v) is 2.58. The van der Waals surface area contributed by atoms with Crippen LogP contribution in [0.1, 0.15) is 36.5 Å². The standard InChI is InChI=1S/C16H21N3O4/c1-4-12-13(6-5-11(2)17-12)22-9-14-18-19-15(23-14)16(20-3)7-8-21-10-16/h5-6H,4,7-10H2,1-3H3. The van der Waals surface area contributed by atoms with Gasteiger partial charge in [-0.15, -0.1) is 10.2 Å². The zero-order valence-corrected chi connectivity index (χ0v) is 13.7. The van der Waals surface area contributed by atoms with E-state index in [1.807, 2.05) is 26.0 Å². The fourth-order valence-electron chi connectivity index (χ4n) is 2.58. The molecule has 0 radical (unpaired) electrons. The van der Waals surface area contributed by atoms with Crippen molar-refractivity contribution in [3.8, 4) is 5.75 Å². The molecule has 3 rings (SSSR count). The monoisotopic (exact) mass is 319 g/mol. The maximum absolute atomic E-state index is 5.78. The van der Waals surface area contributed by atoms with Crippen LogP contribution in [-0.4, -0.2) is 35.5 Å². The summed E-state index contributed by atoms with van der Waals surface area (Å²) in [6.45, 7) is 5.25. The summed E-state index contributed by atoms with van der Waals surface area (Å²) in [6.07, 6.45) is 1.50. The van der Waals surface area contributed by atoms with Gasteiger partial charge in [-0.1, -0.05) is 6.92 Å². The van der Waals surface area contributed by atoms with Crippen LogP contribution in [0.15, 0.2) is 16.5 Å². The zero-order chi connectivity index (χ0) is 16.3. The molecular weight excluding hydrogens is 298 g/mol. The SMILES string of the molecule is CCc1nc(C)ccc1OCc1nnc(C2(OC)CCOC2)o1. The van der Waals surface area contributed by atoms with E-state index in [1.54, 1.807) is 7.11 Å². The van der Waals surface area contributed by atoms with Crippen molar-refractivity contribution in [2.75, 3.05) is 20.3 Å². The molecule has 1 unspecified atom stereocenters. The lowest BCUT2D eigenvalue weighted by Crippen LogP contribution is -2.29. The van der Waals surface area contributed by atoms with Crippen molar-refractivity contribution < 1.29 is 18.6 Å². The molecule has 0 aromatic carbocycles. The molecule has 2 aromatic rings. The van der Waals surface area contributed by atoms with Crippen molar-refractivity contribution in [1.82, 2.24) is 15.2 Å². The summed E-state index contributed by atoms with van der Waals surface area (Å²) in [7, 11) is 1.63. The quantitative estimate of drug-likeness (QED) is 0.807. The highest BCUT2D eigenvalue weighted by Gasteiger charge is 2.42. The first-order valence-electron chi connectivity index (χ1n) is 7.72. The number of hydrogen-bond acceptors (Lipinski definition) is 7. The summed E-state index contributed by atoms with van der Waals surface area (Å²) >= 11 is 0. The molecule has 23 heavy (non-hydrogen) atoms. The van der Waals surface area contributed by atoms with E-state index in [2.05, 4.69) is 15.2 Å². The second-order valence-corrected chi connectivity index (χ2v) is 5.54. The molecule has 2 aromatic heterocycles. The molecule has 1 atom stereocenters. The van der Waals surface area contributed by atoms with E-state index in [4.69, 9.17) is 18.6 Å². The van der Waals surface area contributed by atoms with Crippen molar-refractivity contribution >= 4 is 0 Å². The summed E-state index contributed by atoms with van der Waals surface area (Å²) in [5, 5.41) is 8.14. The Bertz CT molecular complexity index is 665. The molecule has 0 bridgehead atoms. The molecule has 7 heteroatoms. The number of methoxy groups -OCH3 is 1. The minimum atomic E-state index is -0.634. The van der Waals surface area contributed by atoms with Crippen molar-refractivity contribution in [2.24, 2.45) is 0 Å². The van der Waals surface area contributed by atoms with Gasteiger partial charge in [0, 0.05) is 19.2 Å². The lowest BCUT2D eigenvalue weighted by Gasteiger charge is -2.20. The average molecular weight is 319 g/mol. The summed E-state index contributed by atoms with van der Waals surface area (Å²) in [5.41, 5.74) is 1.26. The van der Waals surface area contributed by atoms with Gasteiger partial charge in [0.2, 0.25) is 0 Å². The number of nitrogens with zero attached hydrogens (tertiary/aromatic N) is 3. The van der Waals surface area contributed by atoms with Crippen LogP contribution >= 0.6 is 0 Å². The highest BCUT2D eigenvalue weighted by molar-refractivity contribution is 5.29. The molecule has 1 aliphatic heterocycles. The Morgan fingerprint density at radius 3 is 2.87 bits per heavy atom. The number of aromatic nitrogens is 3. The van der Waals surface area contributed by atoms with E-state index in [-0.39, 0.29) is 6.61 Å². The Balaban J connectivity index is 1.70. The van der Waals surface area contributed by atoms with Crippen LogP contribution in [0.25, 0.3) is 0 Å². The lowest BCUT2D eigenvalue weighted by atomic mass is 10.0. The van der Waals surface area contributed by atoms with Gasteiger partial charge in [-0.25, -0.2) is 0 Å². The van der Waals surface area contributed by atoms with E-state index in [1.165, 1.54) is 0 Å². The zero-order valence-electron chi connectivity index (χ0n) is 13.7. The van der Waals surface area contributed by atoms with Gasteiger partial charge in [0.15, 0.2) is 12.2 Å². The van der Waals surface area contributed by atoms with Gasteiger partial charge in [-0.05, 0) is 25.5 Å². The third-order valence-electron chi connectivity index (χ3n) is 3.99. The van der Waals surface area contributed by atoms with Crippen molar-refractivity contribution in [2.45, 2.75) is 38.9 Å². The molecule has 1 fully saturated rings. The highest BCUT2D eigenvalue weighted by atomic mass is 16.6. The molecule has 0 N–H and O–H groups in total. The molecule has 0 spiro atoms. The Morgan fingerprint density at radius 2 is 2.17 bits per heavy atom. The van der Waals surface area contributed by atoms with Crippen molar-refractivity contribution in [3.63, 3.8) is 0 Å². The maximum Gasteiger partial charge on any atom is 0.254 e. The van der Waals surface area contributed by atoms with Crippen molar-refractivity contribution in [3.05, 3.63) is 35.3 Å². The highest BCUT2D eigenvalue weighted by Crippen LogP contribution is 2.33. The first-order valence-corrected chi connectivity index (χ1v) is 7.72. The minimum absolute atomic E-state index is 0.200. The third-order valence-corrected chi connectivity index (χ3v) is 3.99. The van der Waals surface area contributed by atoms with Crippen LogP contribution in [-0.2, 0) is 28.1 Å². The van der Waals surface area contributed by atoms with E-state index >= 15 is 0 Å². The molecule has 0 saturated carbocycles. The van der Waals surface area contributed by atoms with E-state index in [0.29, 0.717) is 31.4 Å². The maximum atomic E-state index is 5.78. The average Bonchev–Trinajstić information content (AvgIpc) is 3.23. The molecule has 7 nitrogen and oxygen atoms in total. The van der Waals surface area contributed by atoms with Crippen LogP contribution < -0.4 is 4.74 Å². The van der Waals surface area contributed by atoms with Crippen molar-refractivity contribution in [1.29, 1.82) is 0 Å². The molecule has 3 heterocycles. The van der Waals surface area contributed by atoms with Gasteiger partial charge >= 0.3 is 0 Å². The number of pyridine rings is 1. The van der Waals surface area contributed by atoms with Gasteiger partial charge in [-0.3, -0.25) is 4.98 Å². The summed E-state index contributed by atoms with van der Waals surface area (Å²) < 4.78 is 22.4. The Hall–Kier alpha value is -1.99. The van der Waals surface area contributed by atoms with Gasteiger partial charge in [0.25, 0.3) is 11.8 Å². The van der Waals surface area contributed by atoms with Crippen LogP contribution in [0.2, 0.25) is 0 Å². The first-order chi connectivity index (χ1) is 11.2. The number of ether oxygens (including phenoxy) is 3. The topological polar surface area (TPSA) is 79.5 Å². The smallest absolute Gasteiger partial charge is 0.254 e. The van der Waals surface area contributed by atoms with E-state index in [9.17, 15) is 0 Å². The summed E-state index contributed by atoms with van der Waals surface area (Å²) in [4.78, 5) is 4.47. The lowest BCUT2D eigenvalue weighted by molar-refractivity contribution is -0.0420. The summed E-state index contributed by atoms with van der Waals surface area (Å²) in [5.74, 6) is 1.59. The molecule has 0 aliphatic carbocycles. The predicted molar refractivity (Wildman–Crippen MR) is 81.1 cm³/mol.